The Morgan fingerprint density at radius 3 is 2.15 bits per heavy atom. The third kappa shape index (κ3) is 5.11. The summed E-state index contributed by atoms with van der Waals surface area (Å²) in [6.07, 6.45) is 1.43. The fraction of sp³-hybridized carbons (Fsp3) is 0.167. The number of esters is 1. The van der Waals surface area contributed by atoms with Crippen molar-refractivity contribution in [3.05, 3.63) is 47.5 Å². The monoisotopic (exact) mass is 372 g/mol. The smallest absolute Gasteiger partial charge is 0.343 e. The maximum absolute atomic E-state index is 12.4. The van der Waals surface area contributed by atoms with Gasteiger partial charge in [0.05, 0.1) is 33.1 Å². The van der Waals surface area contributed by atoms with Gasteiger partial charge in [0.1, 0.15) is 0 Å². The van der Waals surface area contributed by atoms with E-state index in [2.05, 4.69) is 10.2 Å². The molecule has 0 spiro atoms. The van der Waals surface area contributed by atoms with Gasteiger partial charge in [-0.25, -0.2) is 4.79 Å². The number of ether oxygens (including phenoxy) is 4. The van der Waals surface area contributed by atoms with Gasteiger partial charge < -0.3 is 30.4 Å². The second-order valence-electron chi connectivity index (χ2n) is 5.14. The van der Waals surface area contributed by atoms with Gasteiger partial charge in [-0.3, -0.25) is 0 Å². The highest BCUT2D eigenvalue weighted by Gasteiger charge is 2.15. The van der Waals surface area contributed by atoms with E-state index in [0.29, 0.717) is 28.4 Å². The van der Waals surface area contributed by atoms with Crippen LogP contribution >= 0.6 is 0 Å². The second-order valence-corrected chi connectivity index (χ2v) is 5.14. The number of guanidine groups is 1. The molecule has 0 saturated carbocycles. The Morgan fingerprint density at radius 2 is 1.52 bits per heavy atom. The van der Waals surface area contributed by atoms with Crippen LogP contribution in [0, 0.1) is 0 Å². The molecule has 0 aliphatic carbocycles. The van der Waals surface area contributed by atoms with E-state index in [-0.39, 0.29) is 11.7 Å². The van der Waals surface area contributed by atoms with Gasteiger partial charge in [0.15, 0.2) is 23.0 Å². The van der Waals surface area contributed by atoms with Crippen molar-refractivity contribution in [3.8, 4) is 23.0 Å². The molecule has 0 atom stereocenters. The maximum atomic E-state index is 12.4. The van der Waals surface area contributed by atoms with Crippen LogP contribution in [0.5, 0.6) is 23.0 Å². The molecule has 0 radical (unpaired) electrons. The molecule has 0 amide bonds. The third-order valence-corrected chi connectivity index (χ3v) is 3.39. The van der Waals surface area contributed by atoms with Crippen LogP contribution in [-0.2, 0) is 0 Å². The molecular weight excluding hydrogens is 352 g/mol. The summed E-state index contributed by atoms with van der Waals surface area (Å²) in [5, 5.41) is 7.22. The Labute approximate surface area is 156 Å². The van der Waals surface area contributed by atoms with E-state index in [1.165, 1.54) is 33.6 Å². The highest BCUT2D eigenvalue weighted by Crippen LogP contribution is 2.31. The Bertz CT molecular complexity index is 876. The summed E-state index contributed by atoms with van der Waals surface area (Å²) in [5.41, 5.74) is 11.4. The molecule has 2 rings (SSSR count). The Morgan fingerprint density at radius 1 is 0.889 bits per heavy atom. The van der Waals surface area contributed by atoms with Gasteiger partial charge in [-0.2, -0.15) is 5.10 Å². The number of rotatable bonds is 7. The van der Waals surface area contributed by atoms with Crippen molar-refractivity contribution in [2.75, 3.05) is 21.3 Å². The molecule has 142 valence electrons. The zero-order valence-corrected chi connectivity index (χ0v) is 15.1. The van der Waals surface area contributed by atoms with E-state index in [1.54, 1.807) is 30.3 Å². The van der Waals surface area contributed by atoms with Gasteiger partial charge >= 0.3 is 5.97 Å². The summed E-state index contributed by atoms with van der Waals surface area (Å²) in [6, 6.07) is 9.61. The Hall–Kier alpha value is -3.75. The lowest BCUT2D eigenvalue weighted by Gasteiger charge is -2.11. The topological polar surface area (TPSA) is 131 Å². The first kappa shape index (κ1) is 19.6. The van der Waals surface area contributed by atoms with Gasteiger partial charge in [0.25, 0.3) is 0 Å². The average molecular weight is 372 g/mol. The number of hydrogen-bond donors (Lipinski definition) is 2. The number of benzene rings is 2. The molecule has 0 bridgehead atoms. The first-order chi connectivity index (χ1) is 13.0. The van der Waals surface area contributed by atoms with E-state index < -0.39 is 5.97 Å². The summed E-state index contributed by atoms with van der Waals surface area (Å²) >= 11 is 0. The van der Waals surface area contributed by atoms with Gasteiger partial charge in [-0.15, -0.1) is 5.10 Å². The minimum atomic E-state index is -0.573. The molecule has 0 unspecified atom stereocenters. The van der Waals surface area contributed by atoms with Gasteiger partial charge in [0, 0.05) is 0 Å². The number of carbonyl (C=O) groups excluding carboxylic acids is 1. The normalized spacial score (nSPS) is 10.3. The predicted octanol–water partition coefficient (Wildman–Crippen LogP) is 1.54. The number of carbonyl (C=O) groups is 1. The van der Waals surface area contributed by atoms with Gasteiger partial charge in [-0.1, -0.05) is 0 Å². The van der Waals surface area contributed by atoms with E-state index >= 15 is 0 Å². The molecule has 27 heavy (non-hydrogen) atoms. The molecule has 0 aliphatic rings. The first-order valence-electron chi connectivity index (χ1n) is 7.72. The maximum Gasteiger partial charge on any atom is 0.343 e. The van der Waals surface area contributed by atoms with Crippen LogP contribution in [0.4, 0.5) is 0 Å². The molecule has 0 aromatic heterocycles. The van der Waals surface area contributed by atoms with Crippen LogP contribution in [0.2, 0.25) is 0 Å². The van der Waals surface area contributed by atoms with Crippen molar-refractivity contribution in [1.82, 2.24) is 0 Å². The summed E-state index contributed by atoms with van der Waals surface area (Å²) < 4.78 is 21.0. The minimum Gasteiger partial charge on any atom is -0.493 e. The number of hydrogen-bond acceptors (Lipinski definition) is 7. The summed E-state index contributed by atoms with van der Waals surface area (Å²) in [7, 11) is 4.46. The highest BCUT2D eigenvalue weighted by molar-refractivity contribution is 5.92. The quantitative estimate of drug-likeness (QED) is 0.248. The fourth-order valence-electron chi connectivity index (χ4n) is 2.13. The zero-order chi connectivity index (χ0) is 19.8. The lowest BCUT2D eigenvalue weighted by Crippen LogP contribution is -2.21. The van der Waals surface area contributed by atoms with Crippen molar-refractivity contribution in [2.45, 2.75) is 0 Å². The minimum absolute atomic E-state index is 0.154. The Balaban J connectivity index is 2.22. The van der Waals surface area contributed by atoms with Crippen LogP contribution in [0.25, 0.3) is 0 Å². The van der Waals surface area contributed by atoms with Crippen molar-refractivity contribution >= 4 is 18.1 Å². The molecule has 4 N–H and O–H groups in total. The van der Waals surface area contributed by atoms with Crippen LogP contribution in [-0.4, -0.2) is 39.5 Å². The van der Waals surface area contributed by atoms with Crippen molar-refractivity contribution < 1.29 is 23.7 Å². The molecule has 0 aliphatic heterocycles. The molecule has 0 fully saturated rings. The fourth-order valence-corrected chi connectivity index (χ4v) is 2.13. The van der Waals surface area contributed by atoms with E-state index in [0.717, 1.165) is 0 Å². The van der Waals surface area contributed by atoms with Crippen molar-refractivity contribution in [2.24, 2.45) is 21.7 Å². The molecule has 0 saturated heterocycles. The number of methoxy groups -OCH3 is 3. The lowest BCUT2D eigenvalue weighted by molar-refractivity contribution is 0.0729. The summed E-state index contributed by atoms with van der Waals surface area (Å²) in [4.78, 5) is 12.4. The van der Waals surface area contributed by atoms with Crippen LogP contribution in [0.1, 0.15) is 15.9 Å². The molecular formula is C18H20N4O5. The summed E-state index contributed by atoms with van der Waals surface area (Å²) in [6.45, 7) is 0. The SMILES string of the molecule is COc1ccc(C(=O)Oc2ccc(/C=N/N=C(N)N)cc2OC)cc1OC. The van der Waals surface area contributed by atoms with Crippen molar-refractivity contribution in [1.29, 1.82) is 0 Å². The molecule has 0 heterocycles. The van der Waals surface area contributed by atoms with Gasteiger partial charge in [-0.05, 0) is 42.0 Å². The number of nitrogens with zero attached hydrogens (tertiary/aromatic N) is 2. The van der Waals surface area contributed by atoms with Crippen LogP contribution in [0.15, 0.2) is 46.6 Å². The second kappa shape index (κ2) is 9.09. The van der Waals surface area contributed by atoms with E-state index in [4.69, 9.17) is 30.4 Å². The van der Waals surface area contributed by atoms with Gasteiger partial charge in [0.2, 0.25) is 5.96 Å². The predicted molar refractivity (Wildman–Crippen MR) is 101 cm³/mol. The van der Waals surface area contributed by atoms with E-state index in [1.807, 2.05) is 0 Å². The highest BCUT2D eigenvalue weighted by atomic mass is 16.6. The Kier molecular flexibility index (Phi) is 6.59. The van der Waals surface area contributed by atoms with E-state index in [9.17, 15) is 4.79 Å². The van der Waals surface area contributed by atoms with Crippen LogP contribution in [0.3, 0.4) is 0 Å². The lowest BCUT2D eigenvalue weighted by atomic mass is 10.2. The third-order valence-electron chi connectivity index (χ3n) is 3.39. The van der Waals surface area contributed by atoms with Crippen LogP contribution < -0.4 is 30.4 Å². The average Bonchev–Trinajstić information content (AvgIpc) is 2.67. The molecule has 9 heteroatoms. The standard InChI is InChI=1S/C18H20N4O5/c1-24-13-7-5-12(9-16(13)26-3)17(23)27-14-6-4-11(8-15(14)25-2)10-21-22-18(19)20/h4-10H,1-3H3,(H4,19,20,22)/b21-10+. The molecule has 2 aromatic rings. The molecule has 2 aromatic carbocycles. The first-order valence-corrected chi connectivity index (χ1v) is 7.72. The number of nitrogens with two attached hydrogens (primary N) is 2. The largest absolute Gasteiger partial charge is 0.493 e. The summed E-state index contributed by atoms with van der Waals surface area (Å²) in [5.74, 6) is 0.796. The van der Waals surface area contributed by atoms with Crippen molar-refractivity contribution in [3.63, 3.8) is 0 Å². The zero-order valence-electron chi connectivity index (χ0n) is 15.1. The molecule has 9 nitrogen and oxygen atoms in total.